The maximum absolute atomic E-state index is 13.3. The number of carbonyl (C=O) groups excluding carboxylic acids is 1. The molecule has 1 unspecified atom stereocenters. The number of carboxylic acids is 1. The molecular weight excluding hydrogens is 540 g/mol. The minimum atomic E-state index is -0.918. The highest BCUT2D eigenvalue weighted by Gasteiger charge is 2.18. The van der Waals surface area contributed by atoms with E-state index in [1.54, 1.807) is 18.2 Å². The molecule has 218 valence electrons. The SMILES string of the molecule is Cc1oc(-c2ccc(-c3ccccc3)cc2)nc1CCOc1ccc(CCC(=O)O)c(C(=O)NC(C)c2ccccc2)c1. The maximum atomic E-state index is 13.3. The summed E-state index contributed by atoms with van der Waals surface area (Å²) in [5.74, 6) is 0.608. The molecule has 7 heteroatoms. The van der Waals surface area contributed by atoms with Crippen LogP contribution in [0.3, 0.4) is 0 Å². The second-order valence-corrected chi connectivity index (χ2v) is 10.4. The number of carbonyl (C=O) groups is 2. The Labute approximate surface area is 251 Å². The number of aromatic nitrogens is 1. The van der Waals surface area contributed by atoms with E-state index in [2.05, 4.69) is 29.6 Å². The number of aryl methyl sites for hydroxylation is 2. The van der Waals surface area contributed by atoms with Crippen molar-refractivity contribution in [3.8, 4) is 28.3 Å². The van der Waals surface area contributed by atoms with Crippen LogP contribution in [-0.4, -0.2) is 28.6 Å². The number of carboxylic acid groups (broad SMARTS) is 1. The average molecular weight is 575 g/mol. The predicted octanol–water partition coefficient (Wildman–Crippen LogP) is 7.45. The van der Waals surface area contributed by atoms with Gasteiger partial charge in [0.2, 0.25) is 5.89 Å². The fourth-order valence-corrected chi connectivity index (χ4v) is 4.90. The van der Waals surface area contributed by atoms with Gasteiger partial charge in [0.25, 0.3) is 5.91 Å². The summed E-state index contributed by atoms with van der Waals surface area (Å²) in [6, 6.07) is 33.0. The Balaban J connectivity index is 1.25. The number of aliphatic carboxylic acids is 1. The molecule has 1 heterocycles. The lowest BCUT2D eigenvalue weighted by Crippen LogP contribution is -2.27. The Hall–Kier alpha value is -5.17. The first-order valence-corrected chi connectivity index (χ1v) is 14.3. The lowest BCUT2D eigenvalue weighted by Gasteiger charge is -2.17. The second kappa shape index (κ2) is 13.7. The van der Waals surface area contributed by atoms with Crippen molar-refractivity contribution < 1.29 is 23.8 Å². The lowest BCUT2D eigenvalue weighted by molar-refractivity contribution is -0.136. The molecule has 43 heavy (non-hydrogen) atoms. The number of nitrogens with zero attached hydrogens (tertiary/aromatic N) is 1. The standard InChI is InChI=1S/C36H34N2O5/c1-24(26-9-5-3-6-10-26)37-35(41)32-23-31(19-17-29(32)18-20-34(39)40)42-22-21-33-25(2)43-36(38-33)30-15-13-28(14-16-30)27-11-7-4-8-12-27/h3-17,19,23-24H,18,20-22H2,1-2H3,(H,37,41)(H,39,40). The van der Waals surface area contributed by atoms with Crippen molar-refractivity contribution in [1.29, 1.82) is 0 Å². The number of oxazole rings is 1. The Morgan fingerprint density at radius 1 is 0.860 bits per heavy atom. The Bertz CT molecular complexity index is 1680. The zero-order valence-corrected chi connectivity index (χ0v) is 24.2. The van der Waals surface area contributed by atoms with Gasteiger partial charge in [-0.3, -0.25) is 9.59 Å². The smallest absolute Gasteiger partial charge is 0.303 e. The fourth-order valence-electron chi connectivity index (χ4n) is 4.90. The Morgan fingerprint density at radius 3 is 2.21 bits per heavy atom. The van der Waals surface area contributed by atoms with Gasteiger partial charge in [0.1, 0.15) is 11.5 Å². The number of benzene rings is 4. The second-order valence-electron chi connectivity index (χ2n) is 10.4. The molecule has 0 saturated carbocycles. The molecule has 1 aromatic heterocycles. The highest BCUT2D eigenvalue weighted by atomic mass is 16.5. The van der Waals surface area contributed by atoms with E-state index in [1.807, 2.05) is 74.5 Å². The first kappa shape index (κ1) is 29.3. The number of rotatable bonds is 12. The molecular formula is C36H34N2O5. The quantitative estimate of drug-likeness (QED) is 0.161. The molecule has 1 amide bonds. The van der Waals surface area contributed by atoms with Gasteiger partial charge in [0, 0.05) is 24.0 Å². The van der Waals surface area contributed by atoms with Crippen LogP contribution in [0.4, 0.5) is 0 Å². The van der Waals surface area contributed by atoms with Gasteiger partial charge in [-0.15, -0.1) is 0 Å². The summed E-state index contributed by atoms with van der Waals surface area (Å²) >= 11 is 0. The number of ether oxygens (including phenoxy) is 1. The zero-order valence-electron chi connectivity index (χ0n) is 24.2. The van der Waals surface area contributed by atoms with Gasteiger partial charge in [-0.25, -0.2) is 4.98 Å². The minimum Gasteiger partial charge on any atom is -0.493 e. The van der Waals surface area contributed by atoms with Crippen molar-refractivity contribution in [2.45, 2.75) is 39.2 Å². The lowest BCUT2D eigenvalue weighted by atomic mass is 10.0. The number of hydrogen-bond acceptors (Lipinski definition) is 5. The van der Waals surface area contributed by atoms with Crippen LogP contribution < -0.4 is 10.1 Å². The summed E-state index contributed by atoms with van der Waals surface area (Å²) in [6.07, 6.45) is 0.688. The third kappa shape index (κ3) is 7.57. The summed E-state index contributed by atoms with van der Waals surface area (Å²) in [6.45, 7) is 4.13. The normalized spacial score (nSPS) is 11.6. The number of hydrogen-bond donors (Lipinski definition) is 2. The first-order valence-electron chi connectivity index (χ1n) is 14.3. The van der Waals surface area contributed by atoms with Gasteiger partial charge < -0.3 is 19.6 Å². The van der Waals surface area contributed by atoms with E-state index in [-0.39, 0.29) is 24.8 Å². The number of nitrogens with one attached hydrogen (secondary N) is 1. The molecule has 0 radical (unpaired) electrons. The molecule has 0 fully saturated rings. The first-order chi connectivity index (χ1) is 20.9. The van der Waals surface area contributed by atoms with Crippen LogP contribution in [-0.2, 0) is 17.6 Å². The molecule has 5 aromatic rings. The van der Waals surface area contributed by atoms with Crippen molar-refractivity contribution in [2.75, 3.05) is 6.61 Å². The van der Waals surface area contributed by atoms with Crippen LogP contribution >= 0.6 is 0 Å². The molecule has 0 aliphatic heterocycles. The summed E-state index contributed by atoms with van der Waals surface area (Å²) in [5, 5.41) is 12.2. The summed E-state index contributed by atoms with van der Waals surface area (Å²) in [7, 11) is 0. The molecule has 7 nitrogen and oxygen atoms in total. The molecule has 5 rings (SSSR count). The summed E-state index contributed by atoms with van der Waals surface area (Å²) in [4.78, 5) is 29.2. The van der Waals surface area contributed by atoms with Crippen LogP contribution in [0, 0.1) is 6.92 Å². The van der Waals surface area contributed by atoms with Gasteiger partial charge in [0.15, 0.2) is 0 Å². The van der Waals surface area contributed by atoms with Crippen molar-refractivity contribution in [1.82, 2.24) is 10.3 Å². The third-order valence-electron chi connectivity index (χ3n) is 7.32. The van der Waals surface area contributed by atoms with Crippen LogP contribution in [0.25, 0.3) is 22.6 Å². The molecule has 1 atom stereocenters. The molecule has 4 aromatic carbocycles. The van der Waals surface area contributed by atoms with Gasteiger partial charge >= 0.3 is 5.97 Å². The van der Waals surface area contributed by atoms with E-state index in [4.69, 9.17) is 14.1 Å². The molecule has 0 spiro atoms. The van der Waals surface area contributed by atoms with Crippen LogP contribution in [0.2, 0.25) is 0 Å². The monoisotopic (exact) mass is 574 g/mol. The van der Waals surface area contributed by atoms with E-state index in [1.165, 1.54) is 0 Å². The Kier molecular flexibility index (Phi) is 9.32. The Morgan fingerprint density at radius 2 is 1.51 bits per heavy atom. The van der Waals surface area contributed by atoms with E-state index in [0.29, 0.717) is 35.8 Å². The minimum absolute atomic E-state index is 0.0720. The van der Waals surface area contributed by atoms with Crippen molar-refractivity contribution in [3.05, 3.63) is 131 Å². The van der Waals surface area contributed by atoms with Crippen molar-refractivity contribution in [3.63, 3.8) is 0 Å². The molecule has 0 aliphatic carbocycles. The van der Waals surface area contributed by atoms with Crippen LogP contribution in [0.1, 0.15) is 52.3 Å². The molecule has 2 N–H and O–H groups in total. The molecule has 0 saturated heterocycles. The van der Waals surface area contributed by atoms with E-state index >= 15 is 0 Å². The van der Waals surface area contributed by atoms with Gasteiger partial charge in [-0.05, 0) is 66.8 Å². The summed E-state index contributed by atoms with van der Waals surface area (Å²) < 4.78 is 12.0. The highest BCUT2D eigenvalue weighted by Crippen LogP contribution is 2.27. The number of amides is 1. The van der Waals surface area contributed by atoms with Crippen LogP contribution in [0.15, 0.2) is 108 Å². The molecule has 0 bridgehead atoms. The van der Waals surface area contributed by atoms with E-state index < -0.39 is 5.97 Å². The maximum Gasteiger partial charge on any atom is 0.303 e. The topological polar surface area (TPSA) is 102 Å². The third-order valence-corrected chi connectivity index (χ3v) is 7.32. The largest absolute Gasteiger partial charge is 0.493 e. The highest BCUT2D eigenvalue weighted by molar-refractivity contribution is 5.96. The average Bonchev–Trinajstić information content (AvgIpc) is 3.41. The van der Waals surface area contributed by atoms with E-state index in [0.717, 1.165) is 33.7 Å². The van der Waals surface area contributed by atoms with Gasteiger partial charge in [0.05, 0.1) is 18.3 Å². The van der Waals surface area contributed by atoms with Crippen molar-refractivity contribution in [2.24, 2.45) is 0 Å². The molecule has 0 aliphatic rings. The predicted molar refractivity (Wildman–Crippen MR) is 166 cm³/mol. The fraction of sp³-hybridized carbons (Fsp3) is 0.194. The van der Waals surface area contributed by atoms with Gasteiger partial charge in [-0.1, -0.05) is 78.9 Å². The van der Waals surface area contributed by atoms with E-state index in [9.17, 15) is 14.7 Å². The van der Waals surface area contributed by atoms with Crippen molar-refractivity contribution >= 4 is 11.9 Å². The van der Waals surface area contributed by atoms with Crippen LogP contribution in [0.5, 0.6) is 5.75 Å². The zero-order chi connectivity index (χ0) is 30.2. The van der Waals surface area contributed by atoms with Gasteiger partial charge in [-0.2, -0.15) is 0 Å². The summed E-state index contributed by atoms with van der Waals surface area (Å²) in [5.41, 5.74) is 6.00.